The summed E-state index contributed by atoms with van der Waals surface area (Å²) in [6.07, 6.45) is 2.22. The van der Waals surface area contributed by atoms with Gasteiger partial charge >= 0.3 is 0 Å². The van der Waals surface area contributed by atoms with Gasteiger partial charge in [0.1, 0.15) is 0 Å². The van der Waals surface area contributed by atoms with Crippen molar-refractivity contribution < 1.29 is 5.11 Å². The van der Waals surface area contributed by atoms with Crippen LogP contribution in [0, 0.1) is 13.8 Å². The summed E-state index contributed by atoms with van der Waals surface area (Å²) in [7, 11) is 1.97. The van der Waals surface area contributed by atoms with Crippen LogP contribution in [0.25, 0.3) is 0 Å². The molecule has 0 radical (unpaired) electrons. The molecule has 1 rings (SSSR count). The maximum atomic E-state index is 9.23. The Kier molecular flexibility index (Phi) is 4.79. The van der Waals surface area contributed by atoms with Gasteiger partial charge in [0.05, 0.1) is 6.61 Å². The maximum Gasteiger partial charge on any atom is 0.0684 e. The van der Waals surface area contributed by atoms with Crippen molar-refractivity contribution in [2.45, 2.75) is 33.3 Å². The predicted octanol–water partition coefficient (Wildman–Crippen LogP) is 1.95. The number of benzene rings is 1. The third kappa shape index (κ3) is 3.33. The van der Waals surface area contributed by atoms with E-state index in [1.54, 1.807) is 0 Å². The zero-order chi connectivity index (χ0) is 11.3. The van der Waals surface area contributed by atoms with Gasteiger partial charge < -0.3 is 10.4 Å². The third-order valence-electron chi connectivity index (χ3n) is 2.90. The molecule has 2 N–H and O–H groups in total. The van der Waals surface area contributed by atoms with Crippen LogP contribution >= 0.6 is 0 Å². The molecule has 0 heterocycles. The average Bonchev–Trinajstić information content (AvgIpc) is 2.23. The number of aliphatic hydroxyl groups excluding tert-OH is 1. The molecule has 2 nitrogen and oxygen atoms in total. The monoisotopic (exact) mass is 207 g/mol. The lowest BCUT2D eigenvalue weighted by Gasteiger charge is -2.10. The van der Waals surface area contributed by atoms with Crippen molar-refractivity contribution in [1.82, 2.24) is 5.32 Å². The van der Waals surface area contributed by atoms with Crippen LogP contribution in [0.15, 0.2) is 12.1 Å². The van der Waals surface area contributed by atoms with Crippen LogP contribution in [-0.2, 0) is 13.0 Å². The lowest BCUT2D eigenvalue weighted by Crippen LogP contribution is -2.08. The van der Waals surface area contributed by atoms with E-state index in [-0.39, 0.29) is 6.61 Å². The molecule has 15 heavy (non-hydrogen) atoms. The average molecular weight is 207 g/mol. The molecule has 0 aromatic heterocycles. The first kappa shape index (κ1) is 12.2. The second kappa shape index (κ2) is 5.89. The second-order valence-electron chi connectivity index (χ2n) is 4.06. The fraction of sp³-hybridized carbons (Fsp3) is 0.538. The zero-order valence-corrected chi connectivity index (χ0v) is 9.93. The molecule has 0 saturated heterocycles. The lowest BCUT2D eigenvalue weighted by atomic mass is 9.98. The molecule has 0 saturated carbocycles. The lowest BCUT2D eigenvalue weighted by molar-refractivity contribution is 0.281. The van der Waals surface area contributed by atoms with E-state index in [4.69, 9.17) is 0 Å². The van der Waals surface area contributed by atoms with Crippen molar-refractivity contribution in [2.75, 3.05) is 13.6 Å². The third-order valence-corrected chi connectivity index (χ3v) is 2.90. The summed E-state index contributed by atoms with van der Waals surface area (Å²) in [5, 5.41) is 12.4. The van der Waals surface area contributed by atoms with E-state index < -0.39 is 0 Å². The highest BCUT2D eigenvalue weighted by atomic mass is 16.3. The van der Waals surface area contributed by atoms with Crippen LogP contribution < -0.4 is 5.32 Å². The summed E-state index contributed by atoms with van der Waals surface area (Å²) in [4.78, 5) is 0. The Balaban J connectivity index is 2.77. The van der Waals surface area contributed by atoms with Gasteiger partial charge in [-0.1, -0.05) is 12.1 Å². The van der Waals surface area contributed by atoms with Crippen LogP contribution in [0.1, 0.15) is 28.7 Å². The molecular formula is C13H21NO. The van der Waals surface area contributed by atoms with Gasteiger partial charge in [0.15, 0.2) is 0 Å². The van der Waals surface area contributed by atoms with Gasteiger partial charge in [0.2, 0.25) is 0 Å². The molecule has 1 aromatic carbocycles. The smallest absolute Gasteiger partial charge is 0.0684 e. The summed E-state index contributed by atoms with van der Waals surface area (Å²) in [5.41, 5.74) is 4.89. The van der Waals surface area contributed by atoms with Crippen molar-refractivity contribution >= 4 is 0 Å². The number of hydrogen-bond acceptors (Lipinski definition) is 2. The fourth-order valence-electron chi connectivity index (χ4n) is 1.79. The molecule has 0 fully saturated rings. The van der Waals surface area contributed by atoms with Crippen LogP contribution in [0.5, 0.6) is 0 Å². The van der Waals surface area contributed by atoms with Crippen LogP contribution in [0.3, 0.4) is 0 Å². The Labute approximate surface area is 92.3 Å². The minimum absolute atomic E-state index is 0.145. The molecule has 0 bridgehead atoms. The molecule has 0 aliphatic heterocycles. The van der Waals surface area contributed by atoms with Crippen molar-refractivity contribution in [2.24, 2.45) is 0 Å². The molecule has 0 spiro atoms. The Bertz CT molecular complexity index is 321. The van der Waals surface area contributed by atoms with E-state index in [1.165, 1.54) is 16.7 Å². The van der Waals surface area contributed by atoms with E-state index >= 15 is 0 Å². The fourth-order valence-corrected chi connectivity index (χ4v) is 1.79. The van der Waals surface area contributed by atoms with Gasteiger partial charge in [-0.15, -0.1) is 0 Å². The van der Waals surface area contributed by atoms with Crippen LogP contribution in [0.2, 0.25) is 0 Å². The van der Waals surface area contributed by atoms with Crippen molar-refractivity contribution in [3.63, 3.8) is 0 Å². The zero-order valence-electron chi connectivity index (χ0n) is 9.93. The van der Waals surface area contributed by atoms with Gasteiger partial charge in [0, 0.05) is 0 Å². The molecule has 0 amide bonds. The van der Waals surface area contributed by atoms with Crippen molar-refractivity contribution in [3.8, 4) is 0 Å². The van der Waals surface area contributed by atoms with Crippen LogP contribution in [0.4, 0.5) is 0 Å². The summed E-state index contributed by atoms with van der Waals surface area (Å²) in [5.74, 6) is 0. The highest BCUT2D eigenvalue weighted by Crippen LogP contribution is 2.17. The number of rotatable bonds is 5. The number of aliphatic hydroxyl groups is 1. The van der Waals surface area contributed by atoms with Gasteiger partial charge in [-0.3, -0.25) is 0 Å². The minimum atomic E-state index is 0.145. The standard InChI is InChI=1S/C13H21NO/c1-10-7-12(5-4-6-14-3)8-13(9-15)11(10)2/h7-8,14-15H,4-6,9H2,1-3H3. The molecule has 1 aromatic rings. The highest BCUT2D eigenvalue weighted by Gasteiger charge is 2.03. The Morgan fingerprint density at radius 2 is 2.00 bits per heavy atom. The number of hydrogen-bond donors (Lipinski definition) is 2. The molecule has 0 aliphatic carbocycles. The summed E-state index contributed by atoms with van der Waals surface area (Å²) < 4.78 is 0. The van der Waals surface area contributed by atoms with Gasteiger partial charge in [0.25, 0.3) is 0 Å². The van der Waals surface area contributed by atoms with Crippen LogP contribution in [-0.4, -0.2) is 18.7 Å². The summed E-state index contributed by atoms with van der Waals surface area (Å²) in [6.45, 7) is 5.36. The van der Waals surface area contributed by atoms with Crippen molar-refractivity contribution in [3.05, 3.63) is 34.4 Å². The van der Waals surface area contributed by atoms with E-state index in [9.17, 15) is 5.11 Å². The Morgan fingerprint density at radius 1 is 1.27 bits per heavy atom. The van der Waals surface area contributed by atoms with E-state index in [0.717, 1.165) is 24.9 Å². The number of nitrogens with one attached hydrogen (secondary N) is 1. The first-order chi connectivity index (χ1) is 7.19. The van der Waals surface area contributed by atoms with Gasteiger partial charge in [-0.25, -0.2) is 0 Å². The molecule has 0 atom stereocenters. The maximum absolute atomic E-state index is 9.23. The largest absolute Gasteiger partial charge is 0.392 e. The second-order valence-corrected chi connectivity index (χ2v) is 4.06. The first-order valence-corrected chi connectivity index (χ1v) is 5.53. The van der Waals surface area contributed by atoms with Gasteiger partial charge in [-0.05, 0) is 62.5 Å². The normalized spacial score (nSPS) is 10.7. The van der Waals surface area contributed by atoms with Crippen molar-refractivity contribution in [1.29, 1.82) is 0 Å². The summed E-state index contributed by atoms with van der Waals surface area (Å²) >= 11 is 0. The predicted molar refractivity (Wildman–Crippen MR) is 64.1 cm³/mol. The quantitative estimate of drug-likeness (QED) is 0.723. The molecular weight excluding hydrogens is 186 g/mol. The van der Waals surface area contributed by atoms with E-state index in [0.29, 0.717) is 0 Å². The first-order valence-electron chi connectivity index (χ1n) is 5.53. The number of aryl methyl sites for hydroxylation is 2. The topological polar surface area (TPSA) is 32.3 Å². The molecule has 2 heteroatoms. The SMILES string of the molecule is CNCCCc1cc(C)c(C)c(CO)c1. The van der Waals surface area contributed by atoms with Gasteiger partial charge in [-0.2, -0.15) is 0 Å². The minimum Gasteiger partial charge on any atom is -0.392 e. The van der Waals surface area contributed by atoms with E-state index in [2.05, 4.69) is 31.3 Å². The highest BCUT2D eigenvalue weighted by molar-refractivity contribution is 5.37. The summed E-state index contributed by atoms with van der Waals surface area (Å²) in [6, 6.07) is 4.35. The Hall–Kier alpha value is -0.860. The Morgan fingerprint density at radius 3 is 2.60 bits per heavy atom. The molecule has 0 aliphatic rings. The molecule has 0 unspecified atom stereocenters. The molecule has 84 valence electrons. The van der Waals surface area contributed by atoms with E-state index in [1.807, 2.05) is 7.05 Å².